The van der Waals surface area contributed by atoms with Crippen molar-refractivity contribution in [1.82, 2.24) is 14.7 Å². The van der Waals surface area contributed by atoms with Crippen LogP contribution in [0.5, 0.6) is 0 Å². The molecule has 0 spiro atoms. The van der Waals surface area contributed by atoms with Crippen molar-refractivity contribution in [1.29, 1.82) is 0 Å². The van der Waals surface area contributed by atoms with Crippen molar-refractivity contribution in [2.45, 2.75) is 39.9 Å². The number of nitrogens with zero attached hydrogens (tertiary/aromatic N) is 3. The summed E-state index contributed by atoms with van der Waals surface area (Å²) in [7, 11) is 0. The molecule has 0 aliphatic carbocycles. The summed E-state index contributed by atoms with van der Waals surface area (Å²) < 4.78 is 1.95. The summed E-state index contributed by atoms with van der Waals surface area (Å²) in [6.07, 6.45) is 4.04. The number of hydrogen-bond donors (Lipinski definition) is 1. The van der Waals surface area contributed by atoms with Crippen LogP contribution in [0.1, 0.15) is 26.3 Å². The molecule has 0 amide bonds. The Labute approximate surface area is 92.1 Å². The van der Waals surface area contributed by atoms with Crippen LogP contribution in [0, 0.1) is 0 Å². The highest BCUT2D eigenvalue weighted by molar-refractivity contribution is 5.03. The van der Waals surface area contributed by atoms with Crippen molar-refractivity contribution in [2.75, 3.05) is 13.1 Å². The lowest BCUT2D eigenvalue weighted by Gasteiger charge is -2.24. The maximum atomic E-state index is 5.59. The molecule has 0 saturated heterocycles. The van der Waals surface area contributed by atoms with E-state index in [1.165, 1.54) is 5.56 Å². The van der Waals surface area contributed by atoms with Crippen LogP contribution < -0.4 is 5.73 Å². The third-order valence-corrected chi connectivity index (χ3v) is 2.54. The van der Waals surface area contributed by atoms with E-state index in [0.717, 1.165) is 19.6 Å². The molecule has 4 heteroatoms. The van der Waals surface area contributed by atoms with Gasteiger partial charge in [-0.15, -0.1) is 0 Å². The highest BCUT2D eigenvalue weighted by Crippen LogP contribution is 2.06. The minimum Gasteiger partial charge on any atom is -0.329 e. The first-order valence-electron chi connectivity index (χ1n) is 5.62. The van der Waals surface area contributed by atoms with Gasteiger partial charge in [-0.3, -0.25) is 9.58 Å². The van der Waals surface area contributed by atoms with Gasteiger partial charge in [0, 0.05) is 44.0 Å². The normalized spacial score (nSPS) is 11.6. The van der Waals surface area contributed by atoms with Gasteiger partial charge in [-0.1, -0.05) is 0 Å². The monoisotopic (exact) mass is 210 g/mol. The molecule has 1 heterocycles. The Hall–Kier alpha value is -0.870. The van der Waals surface area contributed by atoms with Gasteiger partial charge in [-0.05, 0) is 20.8 Å². The molecule has 0 unspecified atom stereocenters. The highest BCUT2D eigenvalue weighted by atomic mass is 15.3. The minimum absolute atomic E-state index is 0.526. The molecular weight excluding hydrogens is 188 g/mol. The minimum atomic E-state index is 0.526. The Morgan fingerprint density at radius 2 is 2.27 bits per heavy atom. The second kappa shape index (κ2) is 5.88. The van der Waals surface area contributed by atoms with Gasteiger partial charge in [0.25, 0.3) is 0 Å². The van der Waals surface area contributed by atoms with Crippen LogP contribution in [0.4, 0.5) is 0 Å². The summed E-state index contributed by atoms with van der Waals surface area (Å²) in [4.78, 5) is 2.36. The Morgan fingerprint density at radius 1 is 1.53 bits per heavy atom. The molecule has 0 aliphatic heterocycles. The van der Waals surface area contributed by atoms with Gasteiger partial charge < -0.3 is 5.73 Å². The number of nitrogens with two attached hydrogens (primary N) is 1. The molecule has 0 atom stereocenters. The molecule has 4 nitrogen and oxygen atoms in total. The number of aromatic nitrogens is 2. The predicted molar refractivity (Wildman–Crippen MR) is 62.5 cm³/mol. The van der Waals surface area contributed by atoms with E-state index in [1.807, 2.05) is 10.9 Å². The summed E-state index contributed by atoms with van der Waals surface area (Å²) in [6, 6.07) is 0.526. The van der Waals surface area contributed by atoms with E-state index in [0.29, 0.717) is 12.6 Å². The van der Waals surface area contributed by atoms with Crippen molar-refractivity contribution in [2.24, 2.45) is 5.73 Å². The lowest BCUT2D eigenvalue weighted by atomic mass is 10.2. The average Bonchev–Trinajstić information content (AvgIpc) is 2.65. The molecule has 1 aromatic heterocycles. The molecule has 0 radical (unpaired) electrons. The number of aryl methyl sites for hydroxylation is 1. The standard InChI is InChI=1S/C11H22N4/c1-4-15-9-11(7-13-15)8-14(6-5-12)10(2)3/h7,9-10H,4-6,8,12H2,1-3H3. The maximum Gasteiger partial charge on any atom is 0.0534 e. The average molecular weight is 210 g/mol. The number of hydrogen-bond acceptors (Lipinski definition) is 3. The van der Waals surface area contributed by atoms with Crippen molar-refractivity contribution < 1.29 is 0 Å². The van der Waals surface area contributed by atoms with Gasteiger partial charge in [0.05, 0.1) is 6.20 Å². The van der Waals surface area contributed by atoms with Crippen molar-refractivity contribution in [3.05, 3.63) is 18.0 Å². The van der Waals surface area contributed by atoms with E-state index in [4.69, 9.17) is 5.73 Å². The van der Waals surface area contributed by atoms with E-state index in [1.54, 1.807) is 0 Å². The molecular formula is C11H22N4. The first kappa shape index (κ1) is 12.2. The van der Waals surface area contributed by atoms with Gasteiger partial charge in [0.1, 0.15) is 0 Å². The SMILES string of the molecule is CCn1cc(CN(CCN)C(C)C)cn1. The zero-order chi connectivity index (χ0) is 11.3. The molecule has 86 valence electrons. The van der Waals surface area contributed by atoms with E-state index in [2.05, 4.69) is 37.0 Å². The van der Waals surface area contributed by atoms with Crippen LogP contribution in [0.3, 0.4) is 0 Å². The van der Waals surface area contributed by atoms with Crippen LogP contribution in [0.15, 0.2) is 12.4 Å². The smallest absolute Gasteiger partial charge is 0.0534 e. The zero-order valence-corrected chi connectivity index (χ0v) is 9.98. The first-order chi connectivity index (χ1) is 7.17. The van der Waals surface area contributed by atoms with Crippen molar-refractivity contribution in [3.63, 3.8) is 0 Å². The topological polar surface area (TPSA) is 47.1 Å². The molecule has 0 aliphatic rings. The fourth-order valence-corrected chi connectivity index (χ4v) is 1.58. The second-order valence-corrected chi connectivity index (χ2v) is 4.06. The summed E-state index contributed by atoms with van der Waals surface area (Å²) >= 11 is 0. The van der Waals surface area contributed by atoms with Gasteiger partial charge in [-0.2, -0.15) is 5.10 Å². The Balaban J connectivity index is 2.57. The largest absolute Gasteiger partial charge is 0.329 e. The summed E-state index contributed by atoms with van der Waals surface area (Å²) in [6.45, 7) is 10.00. The molecule has 0 aromatic carbocycles. The molecule has 1 aromatic rings. The van der Waals surface area contributed by atoms with Gasteiger partial charge >= 0.3 is 0 Å². The van der Waals surface area contributed by atoms with Crippen LogP contribution in [-0.4, -0.2) is 33.8 Å². The Bertz CT molecular complexity index is 280. The third-order valence-electron chi connectivity index (χ3n) is 2.54. The molecule has 0 saturated carbocycles. The first-order valence-corrected chi connectivity index (χ1v) is 5.62. The Kier molecular flexibility index (Phi) is 4.78. The quantitative estimate of drug-likeness (QED) is 0.764. The highest BCUT2D eigenvalue weighted by Gasteiger charge is 2.09. The van der Waals surface area contributed by atoms with Crippen molar-refractivity contribution >= 4 is 0 Å². The van der Waals surface area contributed by atoms with Gasteiger partial charge in [0.15, 0.2) is 0 Å². The van der Waals surface area contributed by atoms with E-state index in [9.17, 15) is 0 Å². The van der Waals surface area contributed by atoms with Crippen LogP contribution in [-0.2, 0) is 13.1 Å². The van der Waals surface area contributed by atoms with E-state index < -0.39 is 0 Å². The molecule has 0 bridgehead atoms. The third kappa shape index (κ3) is 3.64. The maximum absolute atomic E-state index is 5.59. The molecule has 1 rings (SSSR count). The number of rotatable bonds is 6. The fourth-order valence-electron chi connectivity index (χ4n) is 1.58. The summed E-state index contributed by atoms with van der Waals surface area (Å²) in [5.74, 6) is 0. The van der Waals surface area contributed by atoms with Crippen molar-refractivity contribution in [3.8, 4) is 0 Å². The van der Waals surface area contributed by atoms with Crippen LogP contribution in [0.2, 0.25) is 0 Å². The molecule has 2 N–H and O–H groups in total. The van der Waals surface area contributed by atoms with E-state index in [-0.39, 0.29) is 0 Å². The molecule has 0 fully saturated rings. The second-order valence-electron chi connectivity index (χ2n) is 4.06. The van der Waals surface area contributed by atoms with Gasteiger partial charge in [0.2, 0.25) is 0 Å². The Morgan fingerprint density at radius 3 is 2.73 bits per heavy atom. The lowest BCUT2D eigenvalue weighted by molar-refractivity contribution is 0.219. The summed E-state index contributed by atoms with van der Waals surface area (Å²) in [5, 5.41) is 4.27. The summed E-state index contributed by atoms with van der Waals surface area (Å²) in [5.41, 5.74) is 6.85. The fraction of sp³-hybridized carbons (Fsp3) is 0.727. The van der Waals surface area contributed by atoms with Crippen LogP contribution >= 0.6 is 0 Å². The van der Waals surface area contributed by atoms with Crippen LogP contribution in [0.25, 0.3) is 0 Å². The molecule has 15 heavy (non-hydrogen) atoms. The zero-order valence-electron chi connectivity index (χ0n) is 9.98. The lowest BCUT2D eigenvalue weighted by Crippen LogP contribution is -2.34. The van der Waals surface area contributed by atoms with Gasteiger partial charge in [-0.25, -0.2) is 0 Å². The predicted octanol–water partition coefficient (Wildman–Crippen LogP) is 1.07. The van der Waals surface area contributed by atoms with E-state index >= 15 is 0 Å².